The molecular weight excluding hydrogens is 242 g/mol. The number of hydrogen-bond acceptors (Lipinski definition) is 4. The number of aliphatic hydroxyl groups excluding tert-OH is 1. The molecule has 0 heterocycles. The quantitative estimate of drug-likeness (QED) is 0.757. The normalized spacial score (nSPS) is 14.4. The summed E-state index contributed by atoms with van der Waals surface area (Å²) in [6.45, 7) is 6.64. The first-order valence-corrected chi connectivity index (χ1v) is 6.69. The molecule has 1 rings (SSSR count). The van der Waals surface area contributed by atoms with Crippen molar-refractivity contribution in [3.63, 3.8) is 0 Å². The lowest BCUT2D eigenvalue weighted by Gasteiger charge is -2.21. The lowest BCUT2D eigenvalue weighted by atomic mass is 10.1. The van der Waals surface area contributed by atoms with Gasteiger partial charge in [0.25, 0.3) is 0 Å². The van der Waals surface area contributed by atoms with Crippen molar-refractivity contribution in [1.29, 1.82) is 0 Å². The molecule has 1 aromatic rings. The third-order valence-electron chi connectivity index (χ3n) is 2.83. The largest absolute Gasteiger partial charge is 0.491 e. The Hall–Kier alpha value is -1.10. The van der Waals surface area contributed by atoms with E-state index in [1.165, 1.54) is 0 Å². The second-order valence-corrected chi connectivity index (χ2v) is 4.96. The standard InChI is InChI=1S/C15H25NO3/c1-11(2)19-15-7-5-13(6-8-15)12(3)16-14(9-17)10-18-4/h5-8,11-12,14,16-17H,9-10H2,1-4H3. The zero-order valence-corrected chi connectivity index (χ0v) is 12.2. The molecule has 0 fully saturated rings. The van der Waals surface area contributed by atoms with E-state index in [0.29, 0.717) is 6.61 Å². The number of nitrogens with one attached hydrogen (secondary N) is 1. The van der Waals surface area contributed by atoms with Crippen molar-refractivity contribution < 1.29 is 14.6 Å². The highest BCUT2D eigenvalue weighted by Crippen LogP contribution is 2.18. The third-order valence-corrected chi connectivity index (χ3v) is 2.83. The van der Waals surface area contributed by atoms with E-state index in [1.54, 1.807) is 7.11 Å². The fourth-order valence-corrected chi connectivity index (χ4v) is 1.91. The summed E-state index contributed by atoms with van der Waals surface area (Å²) < 4.78 is 10.7. The molecule has 0 aliphatic rings. The maximum absolute atomic E-state index is 9.23. The first-order chi connectivity index (χ1) is 9.06. The van der Waals surface area contributed by atoms with Crippen LogP contribution in [0.2, 0.25) is 0 Å². The molecule has 0 saturated heterocycles. The molecule has 2 unspecified atom stereocenters. The number of benzene rings is 1. The maximum Gasteiger partial charge on any atom is 0.119 e. The molecule has 0 bridgehead atoms. The third kappa shape index (κ3) is 5.59. The summed E-state index contributed by atoms with van der Waals surface area (Å²) in [5.41, 5.74) is 1.16. The molecule has 1 aromatic carbocycles. The van der Waals surface area contributed by atoms with E-state index in [9.17, 15) is 5.11 Å². The summed E-state index contributed by atoms with van der Waals surface area (Å²) in [6.07, 6.45) is 0.182. The molecule has 0 amide bonds. The summed E-state index contributed by atoms with van der Waals surface area (Å²) in [4.78, 5) is 0. The first kappa shape index (κ1) is 16.0. The molecule has 2 N–H and O–H groups in total. The van der Waals surface area contributed by atoms with Gasteiger partial charge < -0.3 is 19.9 Å². The molecule has 0 aliphatic heterocycles. The highest BCUT2D eigenvalue weighted by Gasteiger charge is 2.12. The first-order valence-electron chi connectivity index (χ1n) is 6.69. The molecule has 108 valence electrons. The van der Waals surface area contributed by atoms with Crippen molar-refractivity contribution in [2.24, 2.45) is 0 Å². The van der Waals surface area contributed by atoms with Crippen LogP contribution in [0.5, 0.6) is 5.75 Å². The predicted molar refractivity (Wildman–Crippen MR) is 76.5 cm³/mol. The highest BCUT2D eigenvalue weighted by atomic mass is 16.5. The minimum atomic E-state index is -0.0495. The van der Waals surface area contributed by atoms with Crippen LogP contribution in [0.3, 0.4) is 0 Å². The Morgan fingerprint density at radius 2 is 1.79 bits per heavy atom. The molecule has 4 nitrogen and oxygen atoms in total. The van der Waals surface area contributed by atoms with E-state index in [0.717, 1.165) is 11.3 Å². The fraction of sp³-hybridized carbons (Fsp3) is 0.600. The van der Waals surface area contributed by atoms with E-state index in [1.807, 2.05) is 38.1 Å². The number of hydrogen-bond donors (Lipinski definition) is 2. The van der Waals surface area contributed by atoms with Gasteiger partial charge in [0, 0.05) is 13.2 Å². The van der Waals surface area contributed by atoms with Crippen LogP contribution in [0, 0.1) is 0 Å². The van der Waals surface area contributed by atoms with Crippen molar-refractivity contribution in [2.75, 3.05) is 20.3 Å². The van der Waals surface area contributed by atoms with Crippen molar-refractivity contribution >= 4 is 0 Å². The number of ether oxygens (including phenoxy) is 2. The summed E-state index contributed by atoms with van der Waals surface area (Å²) >= 11 is 0. The Morgan fingerprint density at radius 3 is 2.26 bits per heavy atom. The zero-order chi connectivity index (χ0) is 14.3. The Morgan fingerprint density at radius 1 is 1.16 bits per heavy atom. The molecule has 2 atom stereocenters. The van der Waals surface area contributed by atoms with Crippen molar-refractivity contribution in [2.45, 2.75) is 39.0 Å². The second kappa shape index (κ2) is 8.15. The van der Waals surface area contributed by atoms with Crippen molar-refractivity contribution in [3.05, 3.63) is 29.8 Å². The van der Waals surface area contributed by atoms with E-state index in [2.05, 4.69) is 12.2 Å². The number of aliphatic hydroxyl groups is 1. The molecule has 0 aromatic heterocycles. The van der Waals surface area contributed by atoms with Gasteiger partial charge in [0.2, 0.25) is 0 Å². The molecule has 0 saturated carbocycles. The Kier molecular flexibility index (Phi) is 6.84. The van der Waals surface area contributed by atoms with Crippen LogP contribution in [0.15, 0.2) is 24.3 Å². The lowest BCUT2D eigenvalue weighted by molar-refractivity contribution is 0.123. The number of methoxy groups -OCH3 is 1. The summed E-state index contributed by atoms with van der Waals surface area (Å²) in [5.74, 6) is 0.876. The van der Waals surface area contributed by atoms with Gasteiger partial charge in [-0.1, -0.05) is 12.1 Å². The molecule has 0 spiro atoms. The molecule has 0 radical (unpaired) electrons. The van der Waals surface area contributed by atoms with E-state index in [4.69, 9.17) is 9.47 Å². The number of rotatable bonds is 8. The van der Waals surface area contributed by atoms with Crippen molar-refractivity contribution in [1.82, 2.24) is 5.32 Å². The van der Waals surface area contributed by atoms with Gasteiger partial charge in [0.05, 0.1) is 25.4 Å². The minimum Gasteiger partial charge on any atom is -0.491 e. The summed E-state index contributed by atoms with van der Waals surface area (Å²) in [6, 6.07) is 8.12. The smallest absolute Gasteiger partial charge is 0.119 e. The maximum atomic E-state index is 9.23. The van der Waals surface area contributed by atoms with Gasteiger partial charge in [-0.25, -0.2) is 0 Å². The fourth-order valence-electron chi connectivity index (χ4n) is 1.91. The van der Waals surface area contributed by atoms with Crippen molar-refractivity contribution in [3.8, 4) is 5.75 Å². The van der Waals surface area contributed by atoms with Gasteiger partial charge >= 0.3 is 0 Å². The van der Waals surface area contributed by atoms with Gasteiger partial charge in [-0.05, 0) is 38.5 Å². The Balaban J connectivity index is 2.59. The van der Waals surface area contributed by atoms with Crippen LogP contribution < -0.4 is 10.1 Å². The second-order valence-electron chi connectivity index (χ2n) is 4.96. The van der Waals surface area contributed by atoms with Gasteiger partial charge in [-0.15, -0.1) is 0 Å². The van der Waals surface area contributed by atoms with E-state index < -0.39 is 0 Å². The average molecular weight is 267 g/mol. The van der Waals surface area contributed by atoms with Gasteiger partial charge in [-0.3, -0.25) is 0 Å². The summed E-state index contributed by atoms with van der Waals surface area (Å²) in [7, 11) is 1.63. The van der Waals surface area contributed by atoms with Crippen LogP contribution in [0.1, 0.15) is 32.4 Å². The van der Waals surface area contributed by atoms with Crippen LogP contribution in [0.4, 0.5) is 0 Å². The van der Waals surface area contributed by atoms with E-state index in [-0.39, 0.29) is 24.8 Å². The van der Waals surface area contributed by atoms with Crippen LogP contribution in [-0.4, -0.2) is 37.6 Å². The zero-order valence-electron chi connectivity index (χ0n) is 12.2. The Labute approximate surface area is 115 Å². The molecule has 4 heteroatoms. The average Bonchev–Trinajstić information content (AvgIpc) is 2.38. The molecular formula is C15H25NO3. The SMILES string of the molecule is COCC(CO)NC(C)c1ccc(OC(C)C)cc1. The predicted octanol–water partition coefficient (Wildman–Crippen LogP) is 2.13. The minimum absolute atomic E-state index is 0.0495. The molecule has 0 aliphatic carbocycles. The van der Waals surface area contributed by atoms with Crippen LogP contribution >= 0.6 is 0 Å². The lowest BCUT2D eigenvalue weighted by Crippen LogP contribution is -2.38. The summed E-state index contributed by atoms with van der Waals surface area (Å²) in [5, 5.41) is 12.6. The van der Waals surface area contributed by atoms with Gasteiger partial charge in [-0.2, -0.15) is 0 Å². The Bertz CT molecular complexity index is 351. The van der Waals surface area contributed by atoms with Gasteiger partial charge in [0.15, 0.2) is 0 Å². The monoisotopic (exact) mass is 267 g/mol. The van der Waals surface area contributed by atoms with Crippen LogP contribution in [0.25, 0.3) is 0 Å². The van der Waals surface area contributed by atoms with Crippen LogP contribution in [-0.2, 0) is 4.74 Å². The topological polar surface area (TPSA) is 50.7 Å². The van der Waals surface area contributed by atoms with Gasteiger partial charge in [0.1, 0.15) is 5.75 Å². The highest BCUT2D eigenvalue weighted by molar-refractivity contribution is 5.29. The molecule has 19 heavy (non-hydrogen) atoms. The van der Waals surface area contributed by atoms with E-state index >= 15 is 0 Å².